The molecular formula is C14H16N2O4. The van der Waals surface area contributed by atoms with E-state index < -0.39 is 11.5 Å². The van der Waals surface area contributed by atoms with E-state index in [1.54, 1.807) is 7.11 Å². The first-order valence-electron chi connectivity index (χ1n) is 6.55. The minimum Gasteiger partial charge on any atom is -0.497 e. The van der Waals surface area contributed by atoms with Gasteiger partial charge in [-0.3, -0.25) is 4.79 Å². The number of benzene rings is 1. The number of amides is 2. The molecule has 1 aromatic carbocycles. The van der Waals surface area contributed by atoms with Crippen molar-refractivity contribution in [2.24, 2.45) is 0 Å². The molecular weight excluding hydrogens is 260 g/mol. The van der Waals surface area contributed by atoms with Gasteiger partial charge in [-0.15, -0.1) is 0 Å². The normalized spacial score (nSPS) is 19.6. The van der Waals surface area contributed by atoms with Crippen LogP contribution in [0.5, 0.6) is 5.75 Å². The van der Waals surface area contributed by atoms with Gasteiger partial charge in [-0.2, -0.15) is 0 Å². The molecule has 1 spiro atoms. The number of hydrogen-bond donors (Lipinski definition) is 2. The number of fused-ring (bicyclic) bond motifs is 2. The van der Waals surface area contributed by atoms with Gasteiger partial charge in [-0.1, -0.05) is 0 Å². The van der Waals surface area contributed by atoms with Gasteiger partial charge in [0.05, 0.1) is 12.5 Å². The maximum absolute atomic E-state index is 12.4. The summed E-state index contributed by atoms with van der Waals surface area (Å²) in [7, 11) is 1.59. The number of ether oxygens (including phenoxy) is 1. The topological polar surface area (TPSA) is 78.9 Å². The summed E-state index contributed by atoms with van der Waals surface area (Å²) in [4.78, 5) is 24.7. The summed E-state index contributed by atoms with van der Waals surface area (Å²) < 4.78 is 5.22. The molecule has 6 heteroatoms. The predicted octanol–water partition coefficient (Wildman–Crippen LogP) is 1.66. The lowest BCUT2D eigenvalue weighted by Crippen LogP contribution is -2.47. The molecule has 2 N–H and O–H groups in total. The monoisotopic (exact) mass is 276 g/mol. The van der Waals surface area contributed by atoms with Gasteiger partial charge in [0, 0.05) is 18.8 Å². The van der Waals surface area contributed by atoms with Gasteiger partial charge in [0.15, 0.2) is 0 Å². The maximum atomic E-state index is 12.4. The van der Waals surface area contributed by atoms with Crippen LogP contribution in [0.25, 0.3) is 0 Å². The Morgan fingerprint density at radius 3 is 2.70 bits per heavy atom. The maximum Gasteiger partial charge on any atom is 0.407 e. The Balaban J connectivity index is 1.95. The van der Waals surface area contributed by atoms with E-state index >= 15 is 0 Å². The summed E-state index contributed by atoms with van der Waals surface area (Å²) in [6.07, 6.45) is 0.0838. The van der Waals surface area contributed by atoms with E-state index in [4.69, 9.17) is 9.84 Å². The highest BCUT2D eigenvalue weighted by Crippen LogP contribution is 2.46. The summed E-state index contributed by atoms with van der Waals surface area (Å²) in [5.74, 6) is 0.672. The zero-order chi connectivity index (χ0) is 14.3. The Morgan fingerprint density at radius 1 is 1.40 bits per heavy atom. The molecule has 0 radical (unpaired) electrons. The molecule has 1 aromatic rings. The van der Waals surface area contributed by atoms with Crippen LogP contribution in [0, 0.1) is 0 Å². The van der Waals surface area contributed by atoms with E-state index in [2.05, 4.69) is 5.32 Å². The number of methoxy groups -OCH3 is 1. The van der Waals surface area contributed by atoms with Crippen LogP contribution < -0.4 is 10.1 Å². The van der Waals surface area contributed by atoms with Gasteiger partial charge in [-0.05, 0) is 36.6 Å². The van der Waals surface area contributed by atoms with Crippen molar-refractivity contribution in [3.8, 4) is 5.75 Å². The first-order valence-corrected chi connectivity index (χ1v) is 6.55. The van der Waals surface area contributed by atoms with E-state index in [1.165, 1.54) is 4.90 Å². The fraction of sp³-hybridized carbons (Fsp3) is 0.429. The third kappa shape index (κ3) is 1.71. The number of nitrogens with one attached hydrogen (secondary N) is 1. The number of carbonyl (C=O) groups excluding carboxylic acids is 1. The van der Waals surface area contributed by atoms with Crippen LogP contribution in [-0.4, -0.2) is 42.2 Å². The van der Waals surface area contributed by atoms with Gasteiger partial charge in [0.25, 0.3) is 0 Å². The zero-order valence-corrected chi connectivity index (χ0v) is 11.2. The van der Waals surface area contributed by atoms with Gasteiger partial charge < -0.3 is 20.1 Å². The van der Waals surface area contributed by atoms with E-state index in [0.29, 0.717) is 31.7 Å². The molecule has 2 heterocycles. The van der Waals surface area contributed by atoms with E-state index in [1.807, 2.05) is 18.2 Å². The molecule has 2 aliphatic heterocycles. The lowest BCUT2D eigenvalue weighted by atomic mass is 9.73. The van der Waals surface area contributed by atoms with Crippen LogP contribution in [0.4, 0.5) is 10.5 Å². The lowest BCUT2D eigenvalue weighted by molar-refractivity contribution is -0.122. The number of carboxylic acid groups (broad SMARTS) is 1. The van der Waals surface area contributed by atoms with Crippen LogP contribution in [0.3, 0.4) is 0 Å². The van der Waals surface area contributed by atoms with Crippen LogP contribution in [0.1, 0.15) is 18.4 Å². The molecule has 3 rings (SSSR count). The molecule has 0 atom stereocenters. The van der Waals surface area contributed by atoms with Crippen molar-refractivity contribution in [3.63, 3.8) is 0 Å². The number of rotatable bonds is 1. The Bertz CT molecular complexity index is 577. The number of hydrogen-bond acceptors (Lipinski definition) is 3. The quantitative estimate of drug-likeness (QED) is 0.817. The van der Waals surface area contributed by atoms with Gasteiger partial charge >= 0.3 is 6.09 Å². The smallest absolute Gasteiger partial charge is 0.407 e. The fourth-order valence-electron chi connectivity index (χ4n) is 3.10. The highest BCUT2D eigenvalue weighted by Gasteiger charge is 2.49. The predicted molar refractivity (Wildman–Crippen MR) is 72.1 cm³/mol. The summed E-state index contributed by atoms with van der Waals surface area (Å²) in [5, 5.41) is 11.9. The molecule has 0 aromatic heterocycles. The Morgan fingerprint density at radius 2 is 2.10 bits per heavy atom. The van der Waals surface area contributed by atoms with Crippen molar-refractivity contribution in [3.05, 3.63) is 23.8 Å². The second-order valence-corrected chi connectivity index (χ2v) is 5.22. The van der Waals surface area contributed by atoms with Crippen molar-refractivity contribution in [2.75, 3.05) is 25.5 Å². The molecule has 0 aliphatic carbocycles. The molecule has 1 fully saturated rings. The Hall–Kier alpha value is -2.24. The van der Waals surface area contributed by atoms with Crippen LogP contribution in [-0.2, 0) is 10.2 Å². The average Bonchev–Trinajstić information content (AvgIpc) is 2.72. The molecule has 0 bridgehead atoms. The van der Waals surface area contributed by atoms with Crippen molar-refractivity contribution in [2.45, 2.75) is 18.3 Å². The van der Waals surface area contributed by atoms with E-state index in [-0.39, 0.29) is 5.91 Å². The van der Waals surface area contributed by atoms with Gasteiger partial charge in [-0.25, -0.2) is 4.79 Å². The lowest BCUT2D eigenvalue weighted by Gasteiger charge is -2.36. The standard InChI is InChI=1S/C14H16N2O4/c1-20-9-2-3-11-10(8-9)14(12(17)15-11)4-6-16(7-5-14)13(18)19/h2-3,8H,4-7H2,1H3,(H,15,17)(H,18,19). The molecule has 0 unspecified atom stereocenters. The van der Waals surface area contributed by atoms with Crippen LogP contribution in [0.15, 0.2) is 18.2 Å². The van der Waals surface area contributed by atoms with E-state index in [9.17, 15) is 9.59 Å². The molecule has 6 nitrogen and oxygen atoms in total. The molecule has 106 valence electrons. The zero-order valence-electron chi connectivity index (χ0n) is 11.2. The minimum absolute atomic E-state index is 0.0363. The minimum atomic E-state index is -0.927. The number of piperidine rings is 1. The van der Waals surface area contributed by atoms with Gasteiger partial charge in [0.2, 0.25) is 5.91 Å². The second kappa shape index (κ2) is 4.40. The largest absolute Gasteiger partial charge is 0.497 e. The molecule has 2 aliphatic rings. The van der Waals surface area contributed by atoms with Crippen LogP contribution >= 0.6 is 0 Å². The SMILES string of the molecule is COc1ccc2c(c1)C1(CCN(C(=O)O)CC1)C(=O)N2. The Kier molecular flexibility index (Phi) is 2.81. The van der Waals surface area contributed by atoms with Crippen LogP contribution in [0.2, 0.25) is 0 Å². The molecule has 20 heavy (non-hydrogen) atoms. The van der Waals surface area contributed by atoms with Gasteiger partial charge in [0.1, 0.15) is 5.75 Å². The summed E-state index contributed by atoms with van der Waals surface area (Å²) in [5.41, 5.74) is 1.11. The van der Waals surface area contributed by atoms with E-state index in [0.717, 1.165) is 11.3 Å². The second-order valence-electron chi connectivity index (χ2n) is 5.22. The van der Waals surface area contributed by atoms with Crippen molar-refractivity contribution in [1.82, 2.24) is 4.90 Å². The number of carbonyl (C=O) groups is 2. The highest BCUT2D eigenvalue weighted by atomic mass is 16.5. The average molecular weight is 276 g/mol. The third-order valence-electron chi connectivity index (χ3n) is 4.31. The number of anilines is 1. The first-order chi connectivity index (χ1) is 9.56. The summed E-state index contributed by atoms with van der Waals surface area (Å²) in [6, 6.07) is 5.53. The summed E-state index contributed by atoms with van der Waals surface area (Å²) >= 11 is 0. The first kappa shape index (κ1) is 12.8. The van der Waals surface area contributed by atoms with Crippen molar-refractivity contribution >= 4 is 17.7 Å². The highest BCUT2D eigenvalue weighted by molar-refractivity contribution is 6.06. The van der Waals surface area contributed by atoms with Crippen molar-refractivity contribution < 1.29 is 19.4 Å². The molecule has 0 saturated carbocycles. The molecule has 1 saturated heterocycles. The Labute approximate surface area is 116 Å². The fourth-order valence-corrected chi connectivity index (χ4v) is 3.10. The number of nitrogens with zero attached hydrogens (tertiary/aromatic N) is 1. The third-order valence-corrected chi connectivity index (χ3v) is 4.31. The summed E-state index contributed by atoms with van der Waals surface area (Å²) in [6.45, 7) is 0.749. The van der Waals surface area contributed by atoms with Crippen molar-refractivity contribution in [1.29, 1.82) is 0 Å². The molecule has 2 amide bonds. The number of likely N-dealkylation sites (tertiary alicyclic amines) is 1.